The number of para-hydroxylation sites is 2. The summed E-state index contributed by atoms with van der Waals surface area (Å²) in [4.78, 5) is 5.64. The SMILES string of the molecule is c1ccc(-c2cc(C3=NC(n4c5ccccc5c5cc6c(ccc7c8ccccc8sc67)cc54)Nc4c3oc3ccccc43)cc(-c3ccccc3)c2)cc1. The number of hydrogen-bond donors (Lipinski definition) is 1. The van der Waals surface area contributed by atoms with Gasteiger partial charge in [0.1, 0.15) is 11.3 Å². The summed E-state index contributed by atoms with van der Waals surface area (Å²) in [6.07, 6.45) is -0.447. The quantitative estimate of drug-likeness (QED) is 0.197. The third-order valence-corrected chi connectivity index (χ3v) is 12.4. The minimum Gasteiger partial charge on any atom is -0.452 e. The first-order valence-corrected chi connectivity index (χ1v) is 19.5. The lowest BCUT2D eigenvalue weighted by molar-refractivity contribution is 0.577. The largest absolute Gasteiger partial charge is 0.452 e. The molecule has 1 atom stereocenters. The maximum Gasteiger partial charge on any atom is 0.201 e. The molecule has 12 rings (SSSR count). The van der Waals surface area contributed by atoms with Gasteiger partial charge in [-0.05, 0) is 82.2 Å². The second-order valence-electron chi connectivity index (χ2n) is 14.3. The van der Waals surface area contributed by atoms with E-state index in [-0.39, 0.29) is 0 Å². The predicted octanol–water partition coefficient (Wildman–Crippen LogP) is 13.8. The van der Waals surface area contributed by atoms with Crippen LogP contribution in [-0.2, 0) is 0 Å². The summed E-state index contributed by atoms with van der Waals surface area (Å²) < 4.78 is 11.7. The monoisotopic (exact) mass is 721 g/mol. The van der Waals surface area contributed by atoms with Crippen molar-refractivity contribution in [2.75, 3.05) is 5.32 Å². The molecule has 0 aliphatic carbocycles. The summed E-state index contributed by atoms with van der Waals surface area (Å²) in [5.74, 6) is 0.750. The van der Waals surface area contributed by atoms with Gasteiger partial charge in [-0.2, -0.15) is 0 Å². The Kier molecular flexibility index (Phi) is 6.53. The van der Waals surface area contributed by atoms with Gasteiger partial charge < -0.3 is 14.3 Å². The van der Waals surface area contributed by atoms with Crippen LogP contribution in [0.5, 0.6) is 0 Å². The number of aromatic nitrogens is 1. The Morgan fingerprint density at radius 3 is 1.93 bits per heavy atom. The van der Waals surface area contributed by atoms with Gasteiger partial charge in [-0.15, -0.1) is 11.3 Å². The van der Waals surface area contributed by atoms with Crippen LogP contribution < -0.4 is 5.32 Å². The molecule has 1 aliphatic heterocycles. The molecule has 258 valence electrons. The molecule has 5 heteroatoms. The number of anilines is 1. The van der Waals surface area contributed by atoms with E-state index in [0.29, 0.717) is 0 Å². The minimum absolute atomic E-state index is 0.447. The third kappa shape index (κ3) is 4.67. The van der Waals surface area contributed by atoms with Crippen molar-refractivity contribution in [3.8, 4) is 22.3 Å². The highest BCUT2D eigenvalue weighted by atomic mass is 32.1. The van der Waals surface area contributed by atoms with Crippen LogP contribution in [0.15, 0.2) is 185 Å². The van der Waals surface area contributed by atoms with Gasteiger partial charge in [0.25, 0.3) is 0 Å². The smallest absolute Gasteiger partial charge is 0.201 e. The maximum atomic E-state index is 6.71. The van der Waals surface area contributed by atoms with E-state index in [4.69, 9.17) is 9.41 Å². The van der Waals surface area contributed by atoms with E-state index in [1.807, 2.05) is 23.5 Å². The Balaban J connectivity index is 1.13. The van der Waals surface area contributed by atoms with Crippen molar-refractivity contribution in [1.29, 1.82) is 0 Å². The summed E-state index contributed by atoms with van der Waals surface area (Å²) in [5, 5.41) is 12.5. The third-order valence-electron chi connectivity index (χ3n) is 11.2. The van der Waals surface area contributed by atoms with E-state index in [0.717, 1.165) is 67.0 Å². The van der Waals surface area contributed by atoms with E-state index in [2.05, 4.69) is 174 Å². The average molecular weight is 722 g/mol. The van der Waals surface area contributed by atoms with Crippen molar-refractivity contribution in [2.45, 2.75) is 6.29 Å². The number of hydrogen-bond acceptors (Lipinski definition) is 4. The number of nitrogens with zero attached hydrogens (tertiary/aromatic N) is 2. The molecule has 4 nitrogen and oxygen atoms in total. The lowest BCUT2D eigenvalue weighted by Crippen LogP contribution is -2.24. The molecule has 11 aromatic rings. The standard InChI is InChI=1S/C50H31N3OS/c1-3-13-30(14-4-1)33-25-34(31-15-5-2-6-16-31)27-35(26-33)46-48-47(39-19-8-11-21-44(39)54-48)52-50(51-46)53-42-20-10-7-17-36(42)41-29-40-32(28-43(41)53)23-24-38-37-18-9-12-22-45(37)55-49(38)40/h1-29,50,52H. The van der Waals surface area contributed by atoms with E-state index in [1.54, 1.807) is 0 Å². The molecular formula is C50H31N3OS. The molecule has 0 radical (unpaired) electrons. The maximum absolute atomic E-state index is 6.71. The van der Waals surface area contributed by atoms with Gasteiger partial charge in [-0.3, -0.25) is 0 Å². The number of nitrogens with one attached hydrogen (secondary N) is 1. The molecule has 0 spiro atoms. The molecule has 4 heterocycles. The number of fused-ring (bicyclic) bond motifs is 11. The fourth-order valence-electron chi connectivity index (χ4n) is 8.65. The molecule has 0 saturated carbocycles. The number of aliphatic imine (C=N–C) groups is 1. The first-order valence-electron chi connectivity index (χ1n) is 18.6. The van der Waals surface area contributed by atoms with E-state index in [1.165, 1.54) is 41.7 Å². The Labute approximate surface area is 320 Å². The highest BCUT2D eigenvalue weighted by molar-refractivity contribution is 7.26. The fraction of sp³-hybridized carbons (Fsp3) is 0.0200. The molecule has 3 aromatic heterocycles. The van der Waals surface area contributed by atoms with Crippen LogP contribution >= 0.6 is 11.3 Å². The molecule has 1 aliphatic rings. The van der Waals surface area contributed by atoms with Gasteiger partial charge in [-0.25, -0.2) is 4.99 Å². The lowest BCUT2D eigenvalue weighted by atomic mass is 9.93. The van der Waals surface area contributed by atoms with Crippen LogP contribution in [0, 0.1) is 0 Å². The second kappa shape index (κ2) is 11.8. The number of thiophene rings is 1. The highest BCUT2D eigenvalue weighted by Gasteiger charge is 2.31. The van der Waals surface area contributed by atoms with Crippen LogP contribution in [-0.4, -0.2) is 10.3 Å². The van der Waals surface area contributed by atoms with Gasteiger partial charge in [0.2, 0.25) is 6.29 Å². The van der Waals surface area contributed by atoms with Crippen LogP contribution in [0.1, 0.15) is 17.6 Å². The van der Waals surface area contributed by atoms with Crippen molar-refractivity contribution < 1.29 is 4.42 Å². The van der Waals surface area contributed by atoms with Crippen molar-refractivity contribution in [3.05, 3.63) is 187 Å². The molecule has 0 amide bonds. The lowest BCUT2D eigenvalue weighted by Gasteiger charge is -2.26. The zero-order valence-electron chi connectivity index (χ0n) is 29.5. The molecule has 1 unspecified atom stereocenters. The van der Waals surface area contributed by atoms with Gasteiger partial charge in [-0.1, -0.05) is 121 Å². The molecule has 1 N–H and O–H groups in total. The molecule has 55 heavy (non-hydrogen) atoms. The average Bonchev–Trinajstić information content (AvgIpc) is 3.93. The molecular weight excluding hydrogens is 691 g/mol. The van der Waals surface area contributed by atoms with Gasteiger partial charge in [0.05, 0.1) is 16.7 Å². The van der Waals surface area contributed by atoms with Crippen molar-refractivity contribution in [3.63, 3.8) is 0 Å². The summed E-state index contributed by atoms with van der Waals surface area (Å²) in [6, 6.07) is 63.1. The molecule has 0 bridgehead atoms. The Morgan fingerprint density at radius 2 is 1.15 bits per heavy atom. The predicted molar refractivity (Wildman–Crippen MR) is 232 cm³/mol. The van der Waals surface area contributed by atoms with Crippen LogP contribution in [0.4, 0.5) is 5.69 Å². The van der Waals surface area contributed by atoms with Crippen LogP contribution in [0.3, 0.4) is 0 Å². The second-order valence-corrected chi connectivity index (χ2v) is 15.4. The van der Waals surface area contributed by atoms with E-state index in [9.17, 15) is 0 Å². The van der Waals surface area contributed by atoms with Crippen LogP contribution in [0.2, 0.25) is 0 Å². The zero-order chi connectivity index (χ0) is 36.0. The Hall–Kier alpha value is -6.95. The first-order chi connectivity index (χ1) is 27.2. The summed E-state index contributed by atoms with van der Waals surface area (Å²) >= 11 is 1.88. The van der Waals surface area contributed by atoms with E-state index >= 15 is 0 Å². The van der Waals surface area contributed by atoms with Gasteiger partial charge in [0, 0.05) is 47.3 Å². The van der Waals surface area contributed by atoms with Crippen molar-refractivity contribution >= 4 is 86.5 Å². The van der Waals surface area contributed by atoms with Crippen molar-refractivity contribution in [2.24, 2.45) is 4.99 Å². The summed E-state index contributed by atoms with van der Waals surface area (Å²) in [6.45, 7) is 0. The summed E-state index contributed by atoms with van der Waals surface area (Å²) in [5.41, 5.74) is 10.4. The fourth-order valence-corrected chi connectivity index (χ4v) is 9.88. The number of rotatable bonds is 4. The molecule has 0 fully saturated rings. The Bertz CT molecular complexity index is 3290. The minimum atomic E-state index is -0.447. The highest BCUT2D eigenvalue weighted by Crippen LogP contribution is 2.44. The van der Waals surface area contributed by atoms with Crippen LogP contribution in [0.25, 0.3) is 86.0 Å². The topological polar surface area (TPSA) is 42.5 Å². The molecule has 0 saturated heterocycles. The first kappa shape index (κ1) is 30.5. The van der Waals surface area contributed by atoms with Gasteiger partial charge >= 0.3 is 0 Å². The Morgan fingerprint density at radius 1 is 0.491 bits per heavy atom. The van der Waals surface area contributed by atoms with Crippen molar-refractivity contribution in [1.82, 2.24) is 4.57 Å². The van der Waals surface area contributed by atoms with Gasteiger partial charge in [0.15, 0.2) is 5.76 Å². The number of furan rings is 1. The molecule has 8 aromatic carbocycles. The normalized spacial score (nSPS) is 14.3. The summed E-state index contributed by atoms with van der Waals surface area (Å²) in [7, 11) is 0. The number of benzene rings is 8. The zero-order valence-corrected chi connectivity index (χ0v) is 30.3. The van der Waals surface area contributed by atoms with E-state index < -0.39 is 6.29 Å².